The van der Waals surface area contributed by atoms with Gasteiger partial charge in [-0.3, -0.25) is 8.37 Å². The smallest absolute Gasteiger partial charge is 0.268 e. The number of rotatable bonds is 0. The van der Waals surface area contributed by atoms with Crippen molar-refractivity contribution in [3.63, 3.8) is 0 Å². The molecule has 0 aromatic carbocycles. The molecule has 0 N–H and O–H groups in total. The first kappa shape index (κ1) is 9.16. The first-order valence-electron chi connectivity index (χ1n) is 3.68. The van der Waals surface area contributed by atoms with E-state index < -0.39 is 11.4 Å². The van der Waals surface area contributed by atoms with Crippen molar-refractivity contribution in [2.45, 2.75) is 20.8 Å². The predicted octanol–water partition coefficient (Wildman–Crippen LogP) is 1.27. The van der Waals surface area contributed by atoms with E-state index in [-0.39, 0.29) is 5.41 Å². The Bertz CT molecular complexity index is 152. The molecule has 0 aliphatic carbocycles. The summed E-state index contributed by atoms with van der Waals surface area (Å²) in [4.78, 5) is 0. The molecular weight excluding hydrogens is 164 g/mol. The van der Waals surface area contributed by atoms with Crippen molar-refractivity contribution in [2.24, 2.45) is 11.3 Å². The molecule has 1 aliphatic heterocycles. The van der Waals surface area contributed by atoms with Crippen molar-refractivity contribution in [1.82, 2.24) is 0 Å². The van der Waals surface area contributed by atoms with Crippen LogP contribution in [0.1, 0.15) is 20.8 Å². The molecule has 11 heavy (non-hydrogen) atoms. The van der Waals surface area contributed by atoms with Crippen LogP contribution in [0.4, 0.5) is 0 Å². The summed E-state index contributed by atoms with van der Waals surface area (Å²) in [6.07, 6.45) is 0. The van der Waals surface area contributed by atoms with Crippen molar-refractivity contribution in [1.29, 1.82) is 0 Å². The van der Waals surface area contributed by atoms with Crippen LogP contribution in [0.15, 0.2) is 0 Å². The van der Waals surface area contributed by atoms with E-state index in [0.29, 0.717) is 19.1 Å². The molecule has 1 rings (SSSR count). The Morgan fingerprint density at radius 2 is 1.73 bits per heavy atom. The molecule has 1 aliphatic rings. The number of hydrogen-bond acceptors (Lipinski definition) is 3. The van der Waals surface area contributed by atoms with Gasteiger partial charge in [0.05, 0.1) is 13.2 Å². The molecular formula is C7H14O3S. The van der Waals surface area contributed by atoms with Gasteiger partial charge in [0.25, 0.3) is 0 Å². The Balaban J connectivity index is 2.45. The second-order valence-corrected chi connectivity index (χ2v) is 4.72. The molecule has 1 heterocycles. The van der Waals surface area contributed by atoms with Crippen LogP contribution in [-0.2, 0) is 19.7 Å². The standard InChI is InChI=1S/C7H14O3S/c1-7(2,3)6-4-9-11(8)10-5-6/h6H,4-5H2,1-3H3. The van der Waals surface area contributed by atoms with Crippen molar-refractivity contribution in [3.05, 3.63) is 0 Å². The second-order valence-electron chi connectivity index (χ2n) is 3.84. The second kappa shape index (κ2) is 3.21. The van der Waals surface area contributed by atoms with Crippen molar-refractivity contribution in [2.75, 3.05) is 13.2 Å². The molecule has 0 saturated carbocycles. The van der Waals surface area contributed by atoms with E-state index in [4.69, 9.17) is 8.37 Å². The molecule has 0 spiro atoms. The van der Waals surface area contributed by atoms with Crippen LogP contribution in [-0.4, -0.2) is 17.4 Å². The fraction of sp³-hybridized carbons (Fsp3) is 1.00. The highest BCUT2D eigenvalue weighted by atomic mass is 32.2. The monoisotopic (exact) mass is 178 g/mol. The van der Waals surface area contributed by atoms with Crippen LogP contribution in [0.3, 0.4) is 0 Å². The summed E-state index contributed by atoms with van der Waals surface area (Å²) in [5.74, 6) is 0.347. The van der Waals surface area contributed by atoms with E-state index in [2.05, 4.69) is 20.8 Å². The summed E-state index contributed by atoms with van der Waals surface area (Å²) < 4.78 is 20.3. The summed E-state index contributed by atoms with van der Waals surface area (Å²) in [5, 5.41) is 0. The van der Waals surface area contributed by atoms with Crippen LogP contribution in [0.25, 0.3) is 0 Å². The molecule has 0 radical (unpaired) electrons. The average molecular weight is 178 g/mol. The molecule has 0 amide bonds. The molecule has 4 heteroatoms. The zero-order chi connectivity index (χ0) is 8.48. The molecule has 0 unspecified atom stereocenters. The van der Waals surface area contributed by atoms with Crippen LogP contribution in [0, 0.1) is 11.3 Å². The van der Waals surface area contributed by atoms with Crippen LogP contribution >= 0.6 is 0 Å². The Morgan fingerprint density at radius 1 is 1.27 bits per heavy atom. The van der Waals surface area contributed by atoms with Crippen LogP contribution in [0.5, 0.6) is 0 Å². The normalized spacial score (nSPS) is 33.7. The minimum atomic E-state index is -1.50. The molecule has 1 fully saturated rings. The van der Waals surface area contributed by atoms with Gasteiger partial charge in [-0.25, -0.2) is 0 Å². The molecule has 66 valence electrons. The molecule has 1 saturated heterocycles. The van der Waals surface area contributed by atoms with E-state index in [1.54, 1.807) is 0 Å². The molecule has 0 atom stereocenters. The lowest BCUT2D eigenvalue weighted by molar-refractivity contribution is 0.0565. The SMILES string of the molecule is CC(C)(C)C1COS(=O)OC1. The Labute approximate surface area is 69.9 Å². The van der Waals surface area contributed by atoms with Gasteiger partial charge in [-0.1, -0.05) is 20.8 Å². The fourth-order valence-electron chi connectivity index (χ4n) is 0.858. The Kier molecular flexibility index (Phi) is 2.67. The third-order valence-corrected chi connectivity index (χ3v) is 2.61. The van der Waals surface area contributed by atoms with E-state index in [0.717, 1.165) is 0 Å². The van der Waals surface area contributed by atoms with Gasteiger partial charge in [0.2, 0.25) is 0 Å². The van der Waals surface area contributed by atoms with Crippen LogP contribution < -0.4 is 0 Å². The van der Waals surface area contributed by atoms with Gasteiger partial charge in [-0.05, 0) is 5.41 Å². The van der Waals surface area contributed by atoms with E-state index in [1.165, 1.54) is 0 Å². The van der Waals surface area contributed by atoms with E-state index in [9.17, 15) is 4.21 Å². The highest BCUT2D eigenvalue weighted by molar-refractivity contribution is 7.75. The fourth-order valence-corrected chi connectivity index (χ4v) is 1.48. The highest BCUT2D eigenvalue weighted by Gasteiger charge is 2.29. The Morgan fingerprint density at radius 3 is 2.09 bits per heavy atom. The van der Waals surface area contributed by atoms with Gasteiger partial charge in [-0.2, -0.15) is 4.21 Å². The summed E-state index contributed by atoms with van der Waals surface area (Å²) >= 11 is -1.50. The summed E-state index contributed by atoms with van der Waals surface area (Å²) in [7, 11) is 0. The lowest BCUT2D eigenvalue weighted by atomic mass is 9.82. The third-order valence-electron chi connectivity index (χ3n) is 1.96. The lowest BCUT2D eigenvalue weighted by Gasteiger charge is -2.31. The minimum Gasteiger partial charge on any atom is -0.268 e. The summed E-state index contributed by atoms with van der Waals surface area (Å²) in [6.45, 7) is 7.45. The summed E-state index contributed by atoms with van der Waals surface area (Å²) in [5.41, 5.74) is 0.171. The molecule has 0 bridgehead atoms. The number of hydrogen-bond donors (Lipinski definition) is 0. The minimum absolute atomic E-state index is 0.171. The van der Waals surface area contributed by atoms with Gasteiger partial charge >= 0.3 is 11.4 Å². The highest BCUT2D eigenvalue weighted by Crippen LogP contribution is 2.28. The van der Waals surface area contributed by atoms with Gasteiger partial charge in [0.1, 0.15) is 0 Å². The third kappa shape index (κ3) is 2.54. The summed E-state index contributed by atoms with van der Waals surface area (Å²) in [6, 6.07) is 0. The molecule has 0 aromatic rings. The zero-order valence-electron chi connectivity index (χ0n) is 7.12. The average Bonchev–Trinajstić information content (AvgIpc) is 1.86. The molecule has 3 nitrogen and oxygen atoms in total. The van der Waals surface area contributed by atoms with E-state index >= 15 is 0 Å². The zero-order valence-corrected chi connectivity index (χ0v) is 7.94. The maximum absolute atomic E-state index is 10.6. The molecule has 0 aromatic heterocycles. The first-order valence-corrected chi connectivity index (χ1v) is 4.68. The van der Waals surface area contributed by atoms with Crippen molar-refractivity contribution >= 4 is 11.4 Å². The first-order chi connectivity index (χ1) is 5.00. The largest absolute Gasteiger partial charge is 0.304 e. The lowest BCUT2D eigenvalue weighted by Crippen LogP contribution is -2.34. The topological polar surface area (TPSA) is 35.5 Å². The maximum Gasteiger partial charge on any atom is 0.304 e. The van der Waals surface area contributed by atoms with Gasteiger partial charge in [-0.15, -0.1) is 0 Å². The van der Waals surface area contributed by atoms with Gasteiger partial charge in [0, 0.05) is 5.92 Å². The van der Waals surface area contributed by atoms with Gasteiger partial charge < -0.3 is 0 Å². The Hall–Kier alpha value is 0.0700. The van der Waals surface area contributed by atoms with Crippen LogP contribution in [0.2, 0.25) is 0 Å². The van der Waals surface area contributed by atoms with Gasteiger partial charge in [0.15, 0.2) is 0 Å². The quantitative estimate of drug-likeness (QED) is 0.560. The van der Waals surface area contributed by atoms with Crippen molar-refractivity contribution < 1.29 is 12.6 Å². The predicted molar refractivity (Wildman–Crippen MR) is 43.0 cm³/mol. The van der Waals surface area contributed by atoms with Crippen molar-refractivity contribution in [3.8, 4) is 0 Å². The maximum atomic E-state index is 10.6. The van der Waals surface area contributed by atoms with E-state index in [1.807, 2.05) is 0 Å².